The van der Waals surface area contributed by atoms with Crippen LogP contribution in [0.3, 0.4) is 0 Å². The van der Waals surface area contributed by atoms with Crippen molar-refractivity contribution in [3.63, 3.8) is 0 Å². The first-order valence-electron chi connectivity index (χ1n) is 7.23. The molecule has 0 saturated heterocycles. The maximum atomic E-state index is 4.71. The van der Waals surface area contributed by atoms with Gasteiger partial charge in [-0.1, -0.05) is 30.5 Å². The Bertz CT molecular complexity index is 979. The van der Waals surface area contributed by atoms with Gasteiger partial charge in [-0.2, -0.15) is 0 Å². The van der Waals surface area contributed by atoms with Gasteiger partial charge in [-0.15, -0.1) is 34.0 Å². The molecule has 1 aromatic carbocycles. The molecule has 0 aliphatic carbocycles. The number of rotatable bonds is 5. The van der Waals surface area contributed by atoms with E-state index in [9.17, 15) is 0 Å². The van der Waals surface area contributed by atoms with Crippen LogP contribution in [-0.2, 0) is 5.75 Å². The second kappa shape index (κ2) is 6.76. The summed E-state index contributed by atoms with van der Waals surface area (Å²) < 4.78 is 2.32. The summed E-state index contributed by atoms with van der Waals surface area (Å²) in [5.74, 6) is 0.827. The van der Waals surface area contributed by atoms with Crippen molar-refractivity contribution in [3.05, 3.63) is 52.3 Å². The van der Waals surface area contributed by atoms with E-state index in [1.807, 2.05) is 18.4 Å². The molecule has 0 N–H and O–H groups in total. The van der Waals surface area contributed by atoms with Crippen molar-refractivity contribution in [1.82, 2.24) is 15.0 Å². The van der Waals surface area contributed by atoms with Crippen molar-refractivity contribution in [3.8, 4) is 10.7 Å². The minimum Gasteiger partial charge on any atom is -0.239 e. The molecule has 0 aliphatic heterocycles. The highest BCUT2D eigenvalue weighted by molar-refractivity contribution is 8.00. The Morgan fingerprint density at radius 1 is 1.12 bits per heavy atom. The third kappa shape index (κ3) is 3.30. The lowest BCUT2D eigenvalue weighted by Gasteiger charge is -1.93. The molecule has 4 aromatic rings. The van der Waals surface area contributed by atoms with Crippen molar-refractivity contribution in [1.29, 1.82) is 0 Å². The van der Waals surface area contributed by atoms with Crippen LogP contribution in [0.4, 0.5) is 0 Å². The average Bonchev–Trinajstić information content (AvgIpc) is 3.30. The predicted octanol–water partition coefficient (Wildman–Crippen LogP) is 6.20. The highest BCUT2D eigenvalue weighted by Crippen LogP contribution is 2.33. The summed E-state index contributed by atoms with van der Waals surface area (Å²) in [6.45, 7) is 5.92. The number of benzene rings is 1. The highest BCUT2D eigenvalue weighted by Gasteiger charge is 2.11. The first-order valence-corrected chi connectivity index (χ1v) is 10.8. The molecule has 3 nitrogen and oxygen atoms in total. The van der Waals surface area contributed by atoms with Gasteiger partial charge in [0.15, 0.2) is 4.34 Å². The van der Waals surface area contributed by atoms with Crippen LogP contribution in [0, 0.1) is 0 Å². The fraction of sp³-hybridized carbons (Fsp3) is 0.118. The number of fused-ring (bicyclic) bond motifs is 1. The number of para-hydroxylation sites is 1. The normalized spacial score (nSPS) is 11.2. The van der Waals surface area contributed by atoms with Crippen LogP contribution in [0.25, 0.3) is 26.5 Å². The molecule has 4 rings (SSSR count). The van der Waals surface area contributed by atoms with Crippen molar-refractivity contribution >= 4 is 61.6 Å². The van der Waals surface area contributed by atoms with E-state index in [4.69, 9.17) is 4.98 Å². The molecule has 0 saturated carbocycles. The Labute approximate surface area is 156 Å². The number of hydrogen-bond donors (Lipinski definition) is 0. The monoisotopic (exact) mass is 387 g/mol. The van der Waals surface area contributed by atoms with E-state index >= 15 is 0 Å². The number of allylic oxidation sites excluding steroid dienone is 1. The molecular formula is C17H13N3S4. The molecule has 3 aromatic heterocycles. The van der Waals surface area contributed by atoms with Crippen LogP contribution >= 0.6 is 45.8 Å². The summed E-state index contributed by atoms with van der Waals surface area (Å²) in [7, 11) is 0. The zero-order chi connectivity index (χ0) is 16.5. The topological polar surface area (TPSA) is 38.7 Å². The Morgan fingerprint density at radius 2 is 2.00 bits per heavy atom. The summed E-state index contributed by atoms with van der Waals surface area (Å²) >= 11 is 6.73. The largest absolute Gasteiger partial charge is 0.239 e. The predicted molar refractivity (Wildman–Crippen MR) is 107 cm³/mol. The number of thioether (sulfide) groups is 1. The molecule has 0 radical (unpaired) electrons. The summed E-state index contributed by atoms with van der Waals surface area (Å²) in [5, 5.41) is 6.10. The first-order chi connectivity index (χ1) is 11.7. The van der Waals surface area contributed by atoms with Gasteiger partial charge in [0.05, 0.1) is 15.9 Å². The van der Waals surface area contributed by atoms with Gasteiger partial charge in [0, 0.05) is 16.5 Å². The van der Waals surface area contributed by atoms with Crippen LogP contribution < -0.4 is 0 Å². The van der Waals surface area contributed by atoms with Gasteiger partial charge in [-0.05, 0) is 24.6 Å². The second-order valence-corrected chi connectivity index (χ2v) is 9.17. The van der Waals surface area contributed by atoms with Gasteiger partial charge < -0.3 is 0 Å². The van der Waals surface area contributed by atoms with Crippen LogP contribution in [0.1, 0.15) is 17.6 Å². The van der Waals surface area contributed by atoms with Crippen molar-refractivity contribution in [2.24, 2.45) is 0 Å². The number of hydrogen-bond acceptors (Lipinski definition) is 7. The van der Waals surface area contributed by atoms with E-state index in [1.54, 1.807) is 45.8 Å². The fourth-order valence-corrected chi connectivity index (χ4v) is 5.77. The summed E-state index contributed by atoms with van der Waals surface area (Å²) in [4.78, 5) is 14.0. The summed E-state index contributed by atoms with van der Waals surface area (Å²) in [6, 6.07) is 8.24. The Kier molecular flexibility index (Phi) is 4.49. The standard InChI is InChI=1S/C17H13N3S4/c1-10(2)15-19-13(9-22-15)16-18-11(7-21-16)8-23-17-20-12-5-3-4-6-14(12)24-17/h3-7,9H,1,8H2,2H3. The molecule has 0 spiro atoms. The Morgan fingerprint density at radius 3 is 2.79 bits per heavy atom. The Hall–Kier alpha value is -1.54. The lowest BCUT2D eigenvalue weighted by molar-refractivity contribution is 1.21. The smallest absolute Gasteiger partial charge is 0.151 e. The number of aromatic nitrogens is 3. The molecule has 0 amide bonds. The van der Waals surface area contributed by atoms with E-state index in [2.05, 4.69) is 40.1 Å². The highest BCUT2D eigenvalue weighted by atomic mass is 32.2. The molecule has 3 heterocycles. The molecule has 0 aliphatic rings. The molecule has 0 fully saturated rings. The van der Waals surface area contributed by atoms with Gasteiger partial charge in [-0.25, -0.2) is 15.0 Å². The molecule has 0 atom stereocenters. The minimum absolute atomic E-state index is 0.827. The fourth-order valence-electron chi connectivity index (χ4n) is 2.11. The molecule has 7 heteroatoms. The van der Waals surface area contributed by atoms with Gasteiger partial charge in [0.25, 0.3) is 0 Å². The van der Waals surface area contributed by atoms with Crippen LogP contribution in [-0.4, -0.2) is 15.0 Å². The van der Waals surface area contributed by atoms with Crippen molar-refractivity contribution in [2.75, 3.05) is 0 Å². The number of nitrogens with zero attached hydrogens (tertiary/aromatic N) is 3. The maximum Gasteiger partial charge on any atom is 0.151 e. The van der Waals surface area contributed by atoms with E-state index in [1.165, 1.54) is 4.70 Å². The summed E-state index contributed by atoms with van der Waals surface area (Å²) in [5.41, 5.74) is 4.08. The molecule has 0 unspecified atom stereocenters. The van der Waals surface area contributed by atoms with Gasteiger partial charge >= 0.3 is 0 Å². The van der Waals surface area contributed by atoms with Crippen molar-refractivity contribution in [2.45, 2.75) is 17.0 Å². The summed E-state index contributed by atoms with van der Waals surface area (Å²) in [6.07, 6.45) is 0. The van der Waals surface area contributed by atoms with Gasteiger partial charge in [-0.3, -0.25) is 0 Å². The Balaban J connectivity index is 1.47. The maximum absolute atomic E-state index is 4.71. The van der Waals surface area contributed by atoms with Crippen LogP contribution in [0.5, 0.6) is 0 Å². The molecule has 120 valence electrons. The lowest BCUT2D eigenvalue weighted by Crippen LogP contribution is -1.82. The van der Waals surface area contributed by atoms with Crippen LogP contribution in [0.2, 0.25) is 0 Å². The first kappa shape index (κ1) is 16.0. The minimum atomic E-state index is 0.827. The lowest BCUT2D eigenvalue weighted by atomic mass is 10.3. The molecule has 0 bridgehead atoms. The van der Waals surface area contributed by atoms with Crippen LogP contribution in [0.15, 0.2) is 45.9 Å². The molecular weight excluding hydrogens is 374 g/mol. The van der Waals surface area contributed by atoms with Gasteiger partial charge in [0.2, 0.25) is 0 Å². The van der Waals surface area contributed by atoms with E-state index in [0.717, 1.165) is 42.6 Å². The number of thiazole rings is 3. The SMILES string of the molecule is C=C(C)c1nc(-c2nc(CSc3nc4ccccc4s3)cs2)cs1. The third-order valence-electron chi connectivity index (χ3n) is 3.26. The molecule has 24 heavy (non-hydrogen) atoms. The van der Waals surface area contributed by atoms with E-state index in [-0.39, 0.29) is 0 Å². The zero-order valence-corrected chi connectivity index (χ0v) is 16.1. The third-order valence-corrected chi connectivity index (χ3v) is 7.39. The van der Waals surface area contributed by atoms with E-state index < -0.39 is 0 Å². The van der Waals surface area contributed by atoms with E-state index in [0.29, 0.717) is 0 Å². The average molecular weight is 388 g/mol. The van der Waals surface area contributed by atoms with Crippen molar-refractivity contribution < 1.29 is 0 Å². The van der Waals surface area contributed by atoms with Gasteiger partial charge in [0.1, 0.15) is 15.7 Å². The zero-order valence-electron chi connectivity index (χ0n) is 12.9. The quantitative estimate of drug-likeness (QED) is 0.382. The second-order valence-electron chi connectivity index (χ2n) is 5.20.